The molecule has 0 spiro atoms. The Kier molecular flexibility index (Phi) is 4.80. The van der Waals surface area contributed by atoms with E-state index in [-0.39, 0.29) is 35.0 Å². The smallest absolute Gasteiger partial charge is 0.273 e. The summed E-state index contributed by atoms with van der Waals surface area (Å²) in [5, 5.41) is 32.9. The maximum Gasteiger partial charge on any atom is 0.273 e. The highest BCUT2D eigenvalue weighted by atomic mass is 16.6. The fraction of sp³-hybridized carbons (Fsp3) is 0.188. The summed E-state index contributed by atoms with van der Waals surface area (Å²) in [7, 11) is 0. The van der Waals surface area contributed by atoms with Crippen molar-refractivity contribution in [1.82, 2.24) is 0 Å². The predicted octanol–water partition coefficient (Wildman–Crippen LogP) is 2.83. The highest BCUT2D eigenvalue weighted by Gasteiger charge is 2.12. The van der Waals surface area contributed by atoms with E-state index in [0.717, 1.165) is 17.7 Å². The summed E-state index contributed by atoms with van der Waals surface area (Å²) < 4.78 is 5.13. The van der Waals surface area contributed by atoms with Crippen LogP contribution in [0.15, 0.2) is 35.3 Å². The van der Waals surface area contributed by atoms with Gasteiger partial charge in [-0.05, 0) is 37.1 Å². The van der Waals surface area contributed by atoms with Gasteiger partial charge >= 0.3 is 0 Å². The van der Waals surface area contributed by atoms with Crippen molar-refractivity contribution in [3.8, 4) is 17.2 Å². The van der Waals surface area contributed by atoms with Crippen LogP contribution in [-0.2, 0) is 0 Å². The van der Waals surface area contributed by atoms with E-state index in [9.17, 15) is 20.3 Å². The molecular weight excluding hydrogens is 300 g/mol. The van der Waals surface area contributed by atoms with Crippen LogP contribution in [0.4, 0.5) is 11.4 Å². The predicted molar refractivity (Wildman–Crippen MR) is 83.8 cm³/mol. The Hall–Kier alpha value is -3.09. The number of ether oxygens (including phenoxy) is 1. The first-order valence-electron chi connectivity index (χ1n) is 6.88. The number of nitro groups is 1. The van der Waals surface area contributed by atoms with E-state index in [4.69, 9.17) is 4.74 Å². The molecule has 0 aliphatic heterocycles. The molecule has 0 atom stereocenters. The van der Waals surface area contributed by atoms with E-state index in [1.165, 1.54) is 12.3 Å². The molecule has 120 valence electrons. The number of benzene rings is 2. The van der Waals surface area contributed by atoms with Crippen molar-refractivity contribution in [2.45, 2.75) is 13.8 Å². The number of nitrogens with zero attached hydrogens (tertiary/aromatic N) is 2. The molecule has 2 rings (SSSR count). The molecule has 23 heavy (non-hydrogen) atoms. The van der Waals surface area contributed by atoms with Gasteiger partial charge in [-0.3, -0.25) is 15.1 Å². The fourth-order valence-electron chi connectivity index (χ4n) is 1.95. The van der Waals surface area contributed by atoms with Gasteiger partial charge in [-0.15, -0.1) is 0 Å². The largest absolute Gasteiger partial charge is 0.870 e. The molecule has 7 nitrogen and oxygen atoms in total. The second kappa shape index (κ2) is 6.78. The lowest BCUT2D eigenvalue weighted by Gasteiger charge is -2.16. The second-order valence-corrected chi connectivity index (χ2v) is 4.80. The summed E-state index contributed by atoms with van der Waals surface area (Å²) in [6.07, 6.45) is 1.18. The van der Waals surface area contributed by atoms with Gasteiger partial charge in [0.05, 0.1) is 17.6 Å². The molecule has 0 bridgehead atoms. The van der Waals surface area contributed by atoms with Gasteiger partial charge in [0.15, 0.2) is 0 Å². The Balaban J connectivity index is 2.45. The summed E-state index contributed by atoms with van der Waals surface area (Å²) in [6, 6.07) is 7.09. The van der Waals surface area contributed by atoms with Gasteiger partial charge in [0.1, 0.15) is 17.2 Å². The monoisotopic (exact) mass is 315 g/mol. The number of phenolic OH excluding ortho intramolecular Hbond substituents is 1. The van der Waals surface area contributed by atoms with Crippen molar-refractivity contribution in [3.63, 3.8) is 0 Å². The average Bonchev–Trinajstić information content (AvgIpc) is 2.49. The molecule has 7 heteroatoms. The zero-order valence-electron chi connectivity index (χ0n) is 12.6. The first kappa shape index (κ1) is 16.3. The topological polar surface area (TPSA) is 108 Å². The quantitative estimate of drug-likeness (QED) is 0.518. The molecule has 2 aromatic carbocycles. The molecule has 0 unspecified atom stereocenters. The number of nitro benzene ring substituents is 1. The second-order valence-electron chi connectivity index (χ2n) is 4.80. The molecule has 0 fully saturated rings. The van der Waals surface area contributed by atoms with Gasteiger partial charge in [-0.25, -0.2) is 0 Å². The first-order chi connectivity index (χ1) is 10.9. The third-order valence-electron chi connectivity index (χ3n) is 3.05. The van der Waals surface area contributed by atoms with Crippen molar-refractivity contribution in [3.05, 3.63) is 51.6 Å². The maximum absolute atomic E-state index is 12.2. The number of aliphatic imine (C=N–C) groups is 1. The van der Waals surface area contributed by atoms with E-state index in [1.807, 2.05) is 6.92 Å². The van der Waals surface area contributed by atoms with E-state index >= 15 is 0 Å². The average molecular weight is 315 g/mol. The van der Waals surface area contributed by atoms with Gasteiger partial charge in [0.2, 0.25) is 0 Å². The first-order valence-corrected chi connectivity index (χ1v) is 6.88. The minimum Gasteiger partial charge on any atom is -0.870 e. The summed E-state index contributed by atoms with van der Waals surface area (Å²) in [5.74, 6) is -0.631. The molecule has 0 heterocycles. The number of hydrogen-bond donors (Lipinski definition) is 1. The number of rotatable bonds is 5. The summed E-state index contributed by atoms with van der Waals surface area (Å²) in [6.45, 7) is 3.71. The van der Waals surface area contributed by atoms with Crippen LogP contribution in [0.25, 0.3) is 0 Å². The third kappa shape index (κ3) is 3.76. The van der Waals surface area contributed by atoms with E-state index in [2.05, 4.69) is 4.99 Å². The Morgan fingerprint density at radius 1 is 1.35 bits per heavy atom. The lowest BCUT2D eigenvalue weighted by Crippen LogP contribution is -2.04. The lowest BCUT2D eigenvalue weighted by atomic mass is 10.1. The highest BCUT2D eigenvalue weighted by Crippen LogP contribution is 2.33. The van der Waals surface area contributed by atoms with Gasteiger partial charge in [0, 0.05) is 12.3 Å². The van der Waals surface area contributed by atoms with Crippen molar-refractivity contribution < 1.29 is 19.9 Å². The van der Waals surface area contributed by atoms with E-state index in [1.54, 1.807) is 19.1 Å². The summed E-state index contributed by atoms with van der Waals surface area (Å²) in [5.41, 5.74) is 0.879. The number of aryl methyl sites for hydroxylation is 1. The van der Waals surface area contributed by atoms with Crippen molar-refractivity contribution in [2.75, 3.05) is 6.61 Å². The third-order valence-corrected chi connectivity index (χ3v) is 3.05. The normalized spacial score (nSPS) is 10.9. The van der Waals surface area contributed by atoms with Crippen LogP contribution in [0.2, 0.25) is 0 Å². The number of hydrogen-bond acceptors (Lipinski definition) is 6. The van der Waals surface area contributed by atoms with E-state index < -0.39 is 10.7 Å². The van der Waals surface area contributed by atoms with Crippen LogP contribution in [-0.4, -0.2) is 22.9 Å². The summed E-state index contributed by atoms with van der Waals surface area (Å²) >= 11 is 0. The molecule has 0 saturated heterocycles. The molecule has 1 N–H and O–H groups in total. The van der Waals surface area contributed by atoms with Crippen LogP contribution in [0.1, 0.15) is 18.1 Å². The molecule has 0 amide bonds. The van der Waals surface area contributed by atoms with Crippen LogP contribution in [0.3, 0.4) is 0 Å². The molecular formula is C16H15N2O5-. The molecule has 0 saturated carbocycles. The zero-order chi connectivity index (χ0) is 17.0. The van der Waals surface area contributed by atoms with Crippen molar-refractivity contribution in [2.24, 2.45) is 4.99 Å². The number of non-ortho nitro benzene ring substituents is 1. The zero-order valence-corrected chi connectivity index (χ0v) is 12.6. The SMILES string of the molecule is CCOc1cc([N+](=O)[O-])cc(C=Nc2ccc(C)cc2O)c1[O-]. The highest BCUT2D eigenvalue weighted by molar-refractivity contribution is 5.88. The van der Waals surface area contributed by atoms with Crippen molar-refractivity contribution >= 4 is 17.6 Å². The van der Waals surface area contributed by atoms with Gasteiger partial charge in [-0.2, -0.15) is 0 Å². The Labute approximate surface area is 132 Å². The van der Waals surface area contributed by atoms with E-state index in [0.29, 0.717) is 0 Å². The van der Waals surface area contributed by atoms with Crippen LogP contribution in [0.5, 0.6) is 17.2 Å². The van der Waals surface area contributed by atoms with Crippen LogP contribution in [0, 0.1) is 17.0 Å². The molecule has 0 aromatic heterocycles. The fourth-order valence-corrected chi connectivity index (χ4v) is 1.95. The lowest BCUT2D eigenvalue weighted by molar-refractivity contribution is -0.385. The Morgan fingerprint density at radius 3 is 2.70 bits per heavy atom. The number of aromatic hydroxyl groups is 1. The minimum absolute atomic E-state index is 0.0163. The maximum atomic E-state index is 12.2. The van der Waals surface area contributed by atoms with Crippen molar-refractivity contribution in [1.29, 1.82) is 0 Å². The van der Waals surface area contributed by atoms with Gasteiger partial charge in [-0.1, -0.05) is 11.8 Å². The molecule has 0 aliphatic carbocycles. The summed E-state index contributed by atoms with van der Waals surface area (Å²) in [4.78, 5) is 14.4. The number of phenols is 1. The molecule has 2 aromatic rings. The van der Waals surface area contributed by atoms with Crippen LogP contribution < -0.4 is 9.84 Å². The van der Waals surface area contributed by atoms with Gasteiger partial charge in [0.25, 0.3) is 5.69 Å². The Bertz CT molecular complexity index is 771. The Morgan fingerprint density at radius 2 is 2.09 bits per heavy atom. The minimum atomic E-state index is -0.608. The van der Waals surface area contributed by atoms with Gasteiger partial charge < -0.3 is 14.9 Å². The standard InChI is InChI=1S/C16H16N2O5/c1-3-23-15-8-12(18(21)22)7-11(16(15)20)9-17-13-5-4-10(2)6-14(13)19/h4-9,19-20H,3H2,1-2H3/p-1. The van der Waals surface area contributed by atoms with Crippen LogP contribution >= 0.6 is 0 Å². The molecule has 0 radical (unpaired) electrons. The molecule has 0 aliphatic rings.